The number of nitrogens with zero attached hydrogens (tertiary/aromatic N) is 2. The van der Waals surface area contributed by atoms with Crippen LogP contribution in [-0.4, -0.2) is 25.8 Å². The number of aromatic nitrogens is 2. The predicted molar refractivity (Wildman–Crippen MR) is 67.7 cm³/mol. The molecule has 0 spiro atoms. The minimum Gasteiger partial charge on any atom is -0.369 e. The molecule has 0 aliphatic heterocycles. The maximum Gasteiger partial charge on any atom is 0.201 e. The Labute approximate surface area is 96.9 Å². The highest BCUT2D eigenvalue weighted by molar-refractivity contribution is 7.84. The highest BCUT2D eigenvalue weighted by Crippen LogP contribution is 2.17. The molecule has 86 valence electrons. The average molecular weight is 237 g/mol. The van der Waals surface area contributed by atoms with Crippen LogP contribution >= 0.6 is 0 Å². The van der Waals surface area contributed by atoms with E-state index in [0.717, 1.165) is 24.0 Å². The molecular weight excluding hydrogens is 222 g/mol. The molecule has 1 unspecified atom stereocenters. The summed E-state index contributed by atoms with van der Waals surface area (Å²) in [7, 11) is -0.742. The Morgan fingerprint density at radius 3 is 2.94 bits per heavy atom. The monoisotopic (exact) mass is 237 g/mol. The van der Waals surface area contributed by atoms with Gasteiger partial charge in [-0.1, -0.05) is 12.1 Å². The molecule has 0 fully saturated rings. The molecule has 1 heterocycles. The predicted octanol–water partition coefficient (Wildman–Crippen LogP) is 1.39. The largest absolute Gasteiger partial charge is 0.369 e. The Bertz CT molecular complexity index is 521. The Balaban J connectivity index is 2.22. The molecule has 0 aliphatic rings. The third kappa shape index (κ3) is 2.24. The maximum absolute atomic E-state index is 11.0. The fourth-order valence-corrected chi connectivity index (χ4v) is 2.29. The van der Waals surface area contributed by atoms with E-state index < -0.39 is 10.8 Å². The zero-order chi connectivity index (χ0) is 11.5. The van der Waals surface area contributed by atoms with E-state index in [0.29, 0.717) is 11.7 Å². The summed E-state index contributed by atoms with van der Waals surface area (Å²) in [5, 5.41) is 0. The van der Waals surface area contributed by atoms with Gasteiger partial charge in [0, 0.05) is 29.4 Å². The number of benzene rings is 1. The van der Waals surface area contributed by atoms with Gasteiger partial charge < -0.3 is 10.3 Å². The number of rotatable bonds is 4. The van der Waals surface area contributed by atoms with Crippen LogP contribution in [0.5, 0.6) is 0 Å². The van der Waals surface area contributed by atoms with Crippen molar-refractivity contribution in [2.45, 2.75) is 13.0 Å². The van der Waals surface area contributed by atoms with Gasteiger partial charge in [-0.25, -0.2) is 4.98 Å². The van der Waals surface area contributed by atoms with Crippen LogP contribution in [0.4, 0.5) is 5.95 Å². The van der Waals surface area contributed by atoms with Crippen LogP contribution in [0, 0.1) is 0 Å². The SMILES string of the molecule is CS(=O)CCCn1c(N)nc2ccccc21. The Hall–Kier alpha value is -1.36. The third-order valence-electron chi connectivity index (χ3n) is 2.50. The van der Waals surface area contributed by atoms with Crippen molar-refractivity contribution in [3.8, 4) is 0 Å². The molecule has 2 aromatic rings. The van der Waals surface area contributed by atoms with Crippen LogP contribution < -0.4 is 5.73 Å². The Kier molecular flexibility index (Phi) is 3.24. The van der Waals surface area contributed by atoms with Gasteiger partial charge in [-0.2, -0.15) is 0 Å². The molecule has 2 N–H and O–H groups in total. The number of nitrogen functional groups attached to an aromatic ring is 1. The van der Waals surface area contributed by atoms with Crippen molar-refractivity contribution in [2.24, 2.45) is 0 Å². The smallest absolute Gasteiger partial charge is 0.201 e. The molecule has 2 rings (SSSR count). The molecule has 5 heteroatoms. The van der Waals surface area contributed by atoms with Crippen LogP contribution in [0.25, 0.3) is 11.0 Å². The highest BCUT2D eigenvalue weighted by Gasteiger charge is 2.06. The molecule has 0 radical (unpaired) electrons. The molecule has 1 atom stereocenters. The number of aryl methyl sites for hydroxylation is 1. The van der Waals surface area contributed by atoms with Crippen LogP contribution in [-0.2, 0) is 17.3 Å². The van der Waals surface area contributed by atoms with Crippen molar-refractivity contribution in [2.75, 3.05) is 17.7 Å². The van der Waals surface area contributed by atoms with Gasteiger partial charge in [-0.15, -0.1) is 0 Å². The summed E-state index contributed by atoms with van der Waals surface area (Å²) in [4.78, 5) is 4.28. The van der Waals surface area contributed by atoms with Crippen molar-refractivity contribution in [3.05, 3.63) is 24.3 Å². The van der Waals surface area contributed by atoms with Crippen molar-refractivity contribution in [1.29, 1.82) is 0 Å². The number of anilines is 1. The lowest BCUT2D eigenvalue weighted by Crippen LogP contribution is -2.06. The summed E-state index contributed by atoms with van der Waals surface area (Å²) in [6.45, 7) is 0.770. The summed E-state index contributed by atoms with van der Waals surface area (Å²) in [6.07, 6.45) is 2.57. The Morgan fingerprint density at radius 1 is 1.44 bits per heavy atom. The number of hydrogen-bond acceptors (Lipinski definition) is 3. The van der Waals surface area contributed by atoms with E-state index in [1.54, 1.807) is 6.26 Å². The highest BCUT2D eigenvalue weighted by atomic mass is 32.2. The standard InChI is InChI=1S/C11H15N3OS/c1-16(15)8-4-7-14-10-6-3-2-5-9(10)13-11(14)12/h2-3,5-6H,4,7-8H2,1H3,(H2,12,13). The van der Waals surface area contributed by atoms with Crippen LogP contribution in [0.3, 0.4) is 0 Å². The fourth-order valence-electron chi connectivity index (χ4n) is 1.76. The first-order valence-electron chi connectivity index (χ1n) is 5.19. The zero-order valence-corrected chi connectivity index (χ0v) is 10.0. The summed E-state index contributed by atoms with van der Waals surface area (Å²) in [6, 6.07) is 7.86. The second-order valence-corrected chi connectivity index (χ2v) is 5.30. The normalized spacial score (nSPS) is 13.1. The molecule has 4 nitrogen and oxygen atoms in total. The number of fused-ring (bicyclic) bond motifs is 1. The van der Waals surface area contributed by atoms with Crippen LogP contribution in [0.1, 0.15) is 6.42 Å². The van der Waals surface area contributed by atoms with E-state index in [-0.39, 0.29) is 0 Å². The lowest BCUT2D eigenvalue weighted by molar-refractivity contribution is 0.671. The number of hydrogen-bond donors (Lipinski definition) is 1. The summed E-state index contributed by atoms with van der Waals surface area (Å²) in [5.74, 6) is 1.23. The average Bonchev–Trinajstić information content (AvgIpc) is 2.55. The summed E-state index contributed by atoms with van der Waals surface area (Å²) < 4.78 is 13.0. The van der Waals surface area contributed by atoms with Gasteiger partial charge in [0.1, 0.15) is 0 Å². The summed E-state index contributed by atoms with van der Waals surface area (Å²) >= 11 is 0. The lowest BCUT2D eigenvalue weighted by Gasteiger charge is -2.05. The molecule has 0 amide bonds. The number of imidazole rings is 1. The van der Waals surface area contributed by atoms with Gasteiger partial charge in [0.15, 0.2) is 0 Å². The molecular formula is C11H15N3OS. The maximum atomic E-state index is 11.0. The van der Waals surface area contributed by atoms with Crippen molar-refractivity contribution < 1.29 is 4.21 Å². The van der Waals surface area contributed by atoms with Gasteiger partial charge in [0.2, 0.25) is 5.95 Å². The molecule has 1 aromatic carbocycles. The van der Waals surface area contributed by atoms with Gasteiger partial charge >= 0.3 is 0 Å². The van der Waals surface area contributed by atoms with Gasteiger partial charge in [-0.05, 0) is 18.6 Å². The Morgan fingerprint density at radius 2 is 2.19 bits per heavy atom. The molecule has 0 saturated heterocycles. The van der Waals surface area contributed by atoms with Gasteiger partial charge in [0.25, 0.3) is 0 Å². The first-order chi connectivity index (χ1) is 7.68. The molecule has 1 aromatic heterocycles. The third-order valence-corrected chi connectivity index (χ3v) is 3.36. The number of nitrogens with two attached hydrogens (primary N) is 1. The fraction of sp³-hybridized carbons (Fsp3) is 0.364. The van der Waals surface area contributed by atoms with Crippen molar-refractivity contribution >= 4 is 27.8 Å². The minimum absolute atomic E-state index is 0.531. The summed E-state index contributed by atoms with van der Waals surface area (Å²) in [5.41, 5.74) is 7.80. The second kappa shape index (κ2) is 4.65. The second-order valence-electron chi connectivity index (χ2n) is 3.74. The molecule has 0 bridgehead atoms. The van der Waals surface area contributed by atoms with Crippen LogP contribution in [0.15, 0.2) is 24.3 Å². The quantitative estimate of drug-likeness (QED) is 0.874. The molecule has 0 aliphatic carbocycles. The molecule has 0 saturated carbocycles. The lowest BCUT2D eigenvalue weighted by atomic mass is 10.3. The van der Waals surface area contributed by atoms with E-state index in [1.807, 2.05) is 28.8 Å². The van der Waals surface area contributed by atoms with Crippen LogP contribution in [0.2, 0.25) is 0 Å². The van der Waals surface area contributed by atoms with Crippen molar-refractivity contribution in [3.63, 3.8) is 0 Å². The van der Waals surface area contributed by atoms with E-state index in [9.17, 15) is 4.21 Å². The first kappa shape index (κ1) is 11.1. The van der Waals surface area contributed by atoms with Gasteiger partial charge in [0.05, 0.1) is 11.0 Å². The van der Waals surface area contributed by atoms with E-state index in [2.05, 4.69) is 4.98 Å². The van der Waals surface area contributed by atoms with Crippen molar-refractivity contribution in [1.82, 2.24) is 9.55 Å². The van der Waals surface area contributed by atoms with E-state index in [1.165, 1.54) is 0 Å². The number of para-hydroxylation sites is 2. The zero-order valence-electron chi connectivity index (χ0n) is 9.22. The first-order valence-corrected chi connectivity index (χ1v) is 6.92. The molecule has 16 heavy (non-hydrogen) atoms. The minimum atomic E-state index is -0.742. The van der Waals surface area contributed by atoms with E-state index >= 15 is 0 Å². The van der Waals surface area contributed by atoms with Gasteiger partial charge in [-0.3, -0.25) is 4.21 Å². The topological polar surface area (TPSA) is 60.9 Å². The van der Waals surface area contributed by atoms with E-state index in [4.69, 9.17) is 5.73 Å².